The third-order valence-electron chi connectivity index (χ3n) is 3.10. The van der Waals surface area contributed by atoms with Gasteiger partial charge in [-0.25, -0.2) is 0 Å². The van der Waals surface area contributed by atoms with Crippen LogP contribution in [0.3, 0.4) is 0 Å². The Balaban J connectivity index is 2.21. The van der Waals surface area contributed by atoms with E-state index < -0.39 is 11.9 Å². The van der Waals surface area contributed by atoms with Gasteiger partial charge in [0.1, 0.15) is 0 Å². The molecule has 0 bridgehead atoms. The smallest absolute Gasteiger partial charge is 0.250 e. The predicted molar refractivity (Wildman–Crippen MR) is 79.9 cm³/mol. The lowest BCUT2D eigenvalue weighted by atomic mass is 10.2. The molecule has 1 aromatic heterocycles. The number of hydrogen-bond donors (Lipinski definition) is 1. The normalized spacial score (nSPS) is 12.6. The van der Waals surface area contributed by atoms with E-state index in [2.05, 4.69) is 10.2 Å². The molecule has 0 fully saturated rings. The maximum Gasteiger partial charge on any atom is 0.250 e. The minimum Gasteiger partial charge on any atom is -0.419 e. The number of carbonyl (C=O) groups is 1. The largest absolute Gasteiger partial charge is 0.419 e. The number of primary amides is 1. The summed E-state index contributed by atoms with van der Waals surface area (Å²) in [5, 5.41) is 8.72. The Morgan fingerprint density at radius 2 is 2.00 bits per heavy atom. The standard InChI is InChI=1S/C13H14Cl2N4O2/c1-7(12(16)20)19(2)6-10-17-18-13(21-10)11-8(14)4-3-5-9(11)15/h3-5,7H,6H2,1-2H3,(H2,16,20)/t7-/m0/s1. The summed E-state index contributed by atoms with van der Waals surface area (Å²) >= 11 is 12.2. The summed E-state index contributed by atoms with van der Waals surface area (Å²) < 4.78 is 5.55. The summed E-state index contributed by atoms with van der Waals surface area (Å²) in [6.07, 6.45) is 0. The van der Waals surface area contributed by atoms with Crippen LogP contribution in [0.25, 0.3) is 11.5 Å². The molecule has 1 atom stereocenters. The van der Waals surface area contributed by atoms with Crippen molar-refractivity contribution >= 4 is 29.1 Å². The highest BCUT2D eigenvalue weighted by molar-refractivity contribution is 6.38. The number of halogens is 2. The van der Waals surface area contributed by atoms with E-state index in [1.165, 1.54) is 0 Å². The van der Waals surface area contributed by atoms with Gasteiger partial charge in [-0.1, -0.05) is 29.3 Å². The van der Waals surface area contributed by atoms with Crippen molar-refractivity contribution in [3.63, 3.8) is 0 Å². The number of nitrogens with two attached hydrogens (primary N) is 1. The van der Waals surface area contributed by atoms with Gasteiger partial charge in [0.2, 0.25) is 11.8 Å². The molecule has 0 radical (unpaired) electrons. The molecule has 0 aliphatic heterocycles. The van der Waals surface area contributed by atoms with E-state index in [4.69, 9.17) is 33.4 Å². The highest BCUT2D eigenvalue weighted by Crippen LogP contribution is 2.33. The number of carbonyl (C=O) groups excluding carboxylic acids is 1. The van der Waals surface area contributed by atoms with Gasteiger partial charge in [0.05, 0.1) is 28.2 Å². The Hall–Kier alpha value is -1.63. The third-order valence-corrected chi connectivity index (χ3v) is 3.73. The molecule has 0 aliphatic rings. The number of amides is 1. The van der Waals surface area contributed by atoms with Crippen molar-refractivity contribution in [3.8, 4) is 11.5 Å². The van der Waals surface area contributed by atoms with Crippen LogP contribution in [0.15, 0.2) is 22.6 Å². The topological polar surface area (TPSA) is 85.3 Å². The first-order valence-corrected chi connectivity index (χ1v) is 6.92. The van der Waals surface area contributed by atoms with E-state index in [9.17, 15) is 4.79 Å². The van der Waals surface area contributed by atoms with Crippen molar-refractivity contribution in [2.75, 3.05) is 7.05 Å². The van der Waals surface area contributed by atoms with Gasteiger partial charge in [-0.15, -0.1) is 10.2 Å². The molecule has 2 rings (SSSR count). The number of rotatable bonds is 5. The van der Waals surface area contributed by atoms with Crippen LogP contribution < -0.4 is 5.73 Å². The average molecular weight is 329 g/mol. The van der Waals surface area contributed by atoms with Crippen LogP contribution in [0.1, 0.15) is 12.8 Å². The molecule has 0 aliphatic carbocycles. The first-order chi connectivity index (χ1) is 9.90. The van der Waals surface area contributed by atoms with Crippen LogP contribution in [0.4, 0.5) is 0 Å². The minimum atomic E-state index is -0.441. The molecule has 1 aromatic carbocycles. The van der Waals surface area contributed by atoms with Crippen molar-refractivity contribution in [1.29, 1.82) is 0 Å². The molecule has 1 amide bonds. The van der Waals surface area contributed by atoms with Crippen molar-refractivity contribution in [2.24, 2.45) is 5.73 Å². The number of aromatic nitrogens is 2. The van der Waals surface area contributed by atoms with Crippen LogP contribution in [0, 0.1) is 0 Å². The van der Waals surface area contributed by atoms with Gasteiger partial charge in [-0.2, -0.15) is 0 Å². The van der Waals surface area contributed by atoms with E-state index in [1.807, 2.05) is 0 Å². The van der Waals surface area contributed by atoms with E-state index in [0.29, 0.717) is 28.0 Å². The van der Waals surface area contributed by atoms with Crippen molar-refractivity contribution in [3.05, 3.63) is 34.1 Å². The summed E-state index contributed by atoms with van der Waals surface area (Å²) in [5.41, 5.74) is 5.74. The van der Waals surface area contributed by atoms with E-state index >= 15 is 0 Å². The first-order valence-electron chi connectivity index (χ1n) is 6.16. The molecule has 0 saturated heterocycles. The molecule has 8 heteroatoms. The van der Waals surface area contributed by atoms with Crippen LogP contribution in [0.2, 0.25) is 10.0 Å². The summed E-state index contributed by atoms with van der Waals surface area (Å²) in [6, 6.07) is 4.67. The van der Waals surface area contributed by atoms with Gasteiger partial charge in [0, 0.05) is 0 Å². The van der Waals surface area contributed by atoms with Crippen LogP contribution >= 0.6 is 23.2 Å². The highest BCUT2D eigenvalue weighted by Gasteiger charge is 2.19. The van der Waals surface area contributed by atoms with Crippen molar-refractivity contribution in [2.45, 2.75) is 19.5 Å². The molecule has 2 aromatic rings. The molecule has 2 N–H and O–H groups in total. The molecular weight excluding hydrogens is 315 g/mol. The quantitative estimate of drug-likeness (QED) is 0.910. The third kappa shape index (κ3) is 3.53. The predicted octanol–water partition coefficient (Wildman–Crippen LogP) is 2.35. The molecule has 0 saturated carbocycles. The second-order valence-electron chi connectivity index (χ2n) is 4.59. The van der Waals surface area contributed by atoms with Crippen molar-refractivity contribution in [1.82, 2.24) is 15.1 Å². The Labute approximate surface area is 131 Å². The second-order valence-corrected chi connectivity index (χ2v) is 5.41. The SMILES string of the molecule is C[C@@H](C(N)=O)N(C)Cc1nnc(-c2c(Cl)cccc2Cl)o1. The Kier molecular flexibility index (Phi) is 4.82. The minimum absolute atomic E-state index is 0.237. The van der Waals surface area contributed by atoms with E-state index in [0.717, 1.165) is 0 Å². The van der Waals surface area contributed by atoms with Crippen LogP contribution in [0.5, 0.6) is 0 Å². The maximum absolute atomic E-state index is 11.1. The molecule has 21 heavy (non-hydrogen) atoms. The van der Waals surface area contributed by atoms with Gasteiger partial charge in [0.15, 0.2) is 0 Å². The number of benzene rings is 1. The summed E-state index contributed by atoms with van der Waals surface area (Å²) in [7, 11) is 1.74. The zero-order valence-electron chi connectivity index (χ0n) is 11.5. The maximum atomic E-state index is 11.1. The Morgan fingerprint density at radius 1 is 1.38 bits per heavy atom. The Morgan fingerprint density at radius 3 is 2.57 bits per heavy atom. The fourth-order valence-electron chi connectivity index (χ4n) is 1.69. The highest BCUT2D eigenvalue weighted by atomic mass is 35.5. The molecule has 112 valence electrons. The van der Waals surface area contributed by atoms with Crippen LogP contribution in [-0.2, 0) is 11.3 Å². The van der Waals surface area contributed by atoms with Crippen molar-refractivity contribution < 1.29 is 9.21 Å². The molecule has 0 unspecified atom stereocenters. The Bertz CT molecular complexity index is 639. The van der Waals surface area contributed by atoms with Crippen LogP contribution in [-0.4, -0.2) is 34.1 Å². The second kappa shape index (κ2) is 6.43. The fraction of sp³-hybridized carbons (Fsp3) is 0.308. The monoisotopic (exact) mass is 328 g/mol. The molecular formula is C13H14Cl2N4O2. The summed E-state index contributed by atoms with van der Waals surface area (Å²) in [6.45, 7) is 1.99. The van der Waals surface area contributed by atoms with Gasteiger partial charge in [0.25, 0.3) is 5.89 Å². The molecule has 1 heterocycles. The zero-order chi connectivity index (χ0) is 15.6. The lowest BCUT2D eigenvalue weighted by Gasteiger charge is -2.19. The fourth-order valence-corrected chi connectivity index (χ4v) is 2.25. The summed E-state index contributed by atoms with van der Waals surface area (Å²) in [4.78, 5) is 12.8. The number of nitrogens with zero attached hydrogens (tertiary/aromatic N) is 3. The van der Waals surface area contributed by atoms with Gasteiger partial charge in [-0.3, -0.25) is 9.69 Å². The molecule has 0 spiro atoms. The lowest BCUT2D eigenvalue weighted by molar-refractivity contribution is -0.122. The number of hydrogen-bond acceptors (Lipinski definition) is 5. The van der Waals surface area contributed by atoms with Gasteiger partial charge >= 0.3 is 0 Å². The lowest BCUT2D eigenvalue weighted by Crippen LogP contribution is -2.39. The van der Waals surface area contributed by atoms with Gasteiger partial charge in [-0.05, 0) is 26.1 Å². The van der Waals surface area contributed by atoms with Gasteiger partial charge < -0.3 is 10.2 Å². The molecule has 6 nitrogen and oxygen atoms in total. The number of likely N-dealkylation sites (N-methyl/N-ethyl adjacent to an activating group) is 1. The zero-order valence-corrected chi connectivity index (χ0v) is 13.0. The van der Waals surface area contributed by atoms with E-state index in [-0.39, 0.29) is 5.89 Å². The van der Waals surface area contributed by atoms with E-state index in [1.54, 1.807) is 37.1 Å². The average Bonchev–Trinajstić information content (AvgIpc) is 2.85. The summed E-state index contributed by atoms with van der Waals surface area (Å²) in [5.74, 6) is 0.156. The first kappa shape index (κ1) is 15.8.